The van der Waals surface area contributed by atoms with Crippen molar-refractivity contribution in [2.24, 2.45) is 0 Å². The van der Waals surface area contributed by atoms with Crippen molar-refractivity contribution in [1.29, 1.82) is 0 Å². The van der Waals surface area contributed by atoms with E-state index in [0.717, 1.165) is 0 Å². The first-order chi connectivity index (χ1) is 15.4. The predicted molar refractivity (Wildman–Crippen MR) is 119 cm³/mol. The van der Waals surface area contributed by atoms with Crippen molar-refractivity contribution in [3.05, 3.63) is 81.6 Å². The Labute approximate surface area is 189 Å². The maximum Gasteiger partial charge on any atom is 0.269 e. The lowest BCUT2D eigenvalue weighted by Crippen LogP contribution is -2.54. The third kappa shape index (κ3) is 4.62. The highest BCUT2D eigenvalue weighted by Gasteiger charge is 2.29. The van der Waals surface area contributed by atoms with Gasteiger partial charge < -0.3 is 14.5 Å². The zero-order chi connectivity index (χ0) is 22.7. The van der Waals surface area contributed by atoms with E-state index >= 15 is 0 Å². The molecule has 10 heteroatoms. The molecule has 1 saturated heterocycles. The van der Waals surface area contributed by atoms with Crippen LogP contribution in [0.5, 0.6) is 11.6 Å². The van der Waals surface area contributed by atoms with Crippen LogP contribution in [-0.4, -0.2) is 51.4 Å². The van der Waals surface area contributed by atoms with Crippen molar-refractivity contribution < 1.29 is 14.5 Å². The molecule has 1 aliphatic heterocycles. The molecular weight excluding hydrogens is 434 g/mol. The monoisotopic (exact) mass is 453 g/mol. The van der Waals surface area contributed by atoms with E-state index < -0.39 is 4.92 Å². The smallest absolute Gasteiger partial charge is 0.269 e. The summed E-state index contributed by atoms with van der Waals surface area (Å²) < 4.78 is 5.79. The normalized spacial score (nSPS) is 16.0. The Morgan fingerprint density at radius 2 is 1.91 bits per heavy atom. The number of ether oxygens (including phenoxy) is 1. The fraction of sp³-hybridized carbons (Fsp3) is 0.227. The molecule has 164 valence electrons. The number of nitrogens with zero attached hydrogens (tertiary/aromatic N) is 5. The topological polar surface area (TPSA) is 102 Å². The number of nitro benzene ring substituents is 1. The molecule has 0 spiro atoms. The van der Waals surface area contributed by atoms with E-state index in [0.29, 0.717) is 47.7 Å². The minimum atomic E-state index is -0.485. The van der Waals surface area contributed by atoms with Crippen LogP contribution >= 0.6 is 11.6 Å². The third-order valence-electron chi connectivity index (χ3n) is 5.22. The molecule has 0 saturated carbocycles. The molecule has 0 aliphatic carbocycles. The van der Waals surface area contributed by atoms with Gasteiger partial charge in [0.1, 0.15) is 17.9 Å². The number of para-hydroxylation sites is 1. The molecule has 0 radical (unpaired) electrons. The van der Waals surface area contributed by atoms with Crippen LogP contribution in [0.25, 0.3) is 0 Å². The number of carbonyl (C=O) groups excluding carboxylic acids is 1. The highest BCUT2D eigenvalue weighted by Crippen LogP contribution is 2.29. The minimum Gasteiger partial charge on any atom is -0.437 e. The second kappa shape index (κ2) is 9.19. The Kier molecular flexibility index (Phi) is 6.18. The molecule has 32 heavy (non-hydrogen) atoms. The summed E-state index contributed by atoms with van der Waals surface area (Å²) in [6.07, 6.45) is 1.43. The first kappa shape index (κ1) is 21.5. The van der Waals surface area contributed by atoms with E-state index in [1.165, 1.54) is 30.6 Å². The Bertz CT molecular complexity index is 1140. The van der Waals surface area contributed by atoms with E-state index in [1.54, 1.807) is 23.1 Å². The van der Waals surface area contributed by atoms with E-state index in [2.05, 4.69) is 14.9 Å². The molecule has 1 amide bonds. The summed E-state index contributed by atoms with van der Waals surface area (Å²) >= 11 is 6.15. The predicted octanol–water partition coefficient (Wildman–Crippen LogP) is 4.18. The number of halogens is 1. The van der Waals surface area contributed by atoms with Crippen LogP contribution in [0.4, 0.5) is 11.5 Å². The SMILES string of the molecule is C[C@@H]1CN(c2cc(Oc3ccccc3Cl)ncn2)CCN1C(=O)c1ccc([N+](=O)[O-])cc1. The standard InChI is InChI=1S/C22H20ClN5O4/c1-15-13-26(10-11-27(15)22(29)16-6-8-17(9-7-16)28(30)31)20-12-21(25-14-24-20)32-19-5-3-2-4-18(19)23/h2-9,12,14-15H,10-11,13H2,1H3/t15-/m1/s1. The lowest BCUT2D eigenvalue weighted by atomic mass is 10.1. The Hall–Kier alpha value is -3.72. The molecule has 0 unspecified atom stereocenters. The molecule has 2 heterocycles. The molecule has 1 atom stereocenters. The van der Waals surface area contributed by atoms with Gasteiger partial charge >= 0.3 is 0 Å². The summed E-state index contributed by atoms with van der Waals surface area (Å²) in [5, 5.41) is 11.3. The van der Waals surface area contributed by atoms with Gasteiger partial charge in [-0.1, -0.05) is 23.7 Å². The van der Waals surface area contributed by atoms with Crippen molar-refractivity contribution in [3.8, 4) is 11.6 Å². The van der Waals surface area contributed by atoms with Gasteiger partial charge in [-0.05, 0) is 31.2 Å². The van der Waals surface area contributed by atoms with E-state index in [-0.39, 0.29) is 17.6 Å². The number of carbonyl (C=O) groups is 1. The molecule has 9 nitrogen and oxygen atoms in total. The summed E-state index contributed by atoms with van der Waals surface area (Å²) in [7, 11) is 0. The average molecular weight is 454 g/mol. The second-order valence-corrected chi connectivity index (χ2v) is 7.75. The zero-order valence-electron chi connectivity index (χ0n) is 17.2. The second-order valence-electron chi connectivity index (χ2n) is 7.34. The Balaban J connectivity index is 1.43. The van der Waals surface area contributed by atoms with Crippen molar-refractivity contribution in [2.75, 3.05) is 24.5 Å². The molecule has 1 fully saturated rings. The van der Waals surface area contributed by atoms with Gasteiger partial charge in [-0.15, -0.1) is 0 Å². The fourth-order valence-electron chi connectivity index (χ4n) is 3.56. The van der Waals surface area contributed by atoms with Gasteiger partial charge in [0.15, 0.2) is 0 Å². The number of non-ortho nitro benzene ring substituents is 1. The van der Waals surface area contributed by atoms with Gasteiger partial charge in [0.05, 0.1) is 9.95 Å². The molecule has 1 aliphatic rings. The number of rotatable bonds is 5. The van der Waals surface area contributed by atoms with Gasteiger partial charge in [0, 0.05) is 49.4 Å². The largest absolute Gasteiger partial charge is 0.437 e. The van der Waals surface area contributed by atoms with Crippen LogP contribution in [0.3, 0.4) is 0 Å². The van der Waals surface area contributed by atoms with E-state index in [1.807, 2.05) is 19.1 Å². The van der Waals surface area contributed by atoms with Crippen LogP contribution in [0, 0.1) is 10.1 Å². The average Bonchev–Trinajstić information content (AvgIpc) is 2.80. The highest BCUT2D eigenvalue weighted by molar-refractivity contribution is 6.32. The van der Waals surface area contributed by atoms with E-state index in [4.69, 9.17) is 16.3 Å². The van der Waals surface area contributed by atoms with Crippen LogP contribution in [0.1, 0.15) is 17.3 Å². The van der Waals surface area contributed by atoms with Crippen LogP contribution in [0.15, 0.2) is 60.9 Å². The molecule has 0 bridgehead atoms. The number of piperazine rings is 1. The molecule has 4 rings (SSSR count). The summed E-state index contributed by atoms with van der Waals surface area (Å²) in [6, 6.07) is 14.5. The summed E-state index contributed by atoms with van der Waals surface area (Å²) in [5.74, 6) is 1.42. The summed E-state index contributed by atoms with van der Waals surface area (Å²) in [5.41, 5.74) is 0.381. The number of anilines is 1. The molecule has 3 aromatic rings. The zero-order valence-corrected chi connectivity index (χ0v) is 18.0. The van der Waals surface area contributed by atoms with Gasteiger partial charge in [-0.2, -0.15) is 0 Å². The van der Waals surface area contributed by atoms with Crippen LogP contribution in [0.2, 0.25) is 5.02 Å². The summed E-state index contributed by atoms with van der Waals surface area (Å²) in [4.78, 5) is 35.6. The molecule has 1 aromatic heterocycles. The number of aromatic nitrogens is 2. The number of nitro groups is 1. The van der Waals surface area contributed by atoms with Gasteiger partial charge in [-0.25, -0.2) is 9.97 Å². The number of benzene rings is 2. The fourth-order valence-corrected chi connectivity index (χ4v) is 3.73. The van der Waals surface area contributed by atoms with Crippen molar-refractivity contribution in [1.82, 2.24) is 14.9 Å². The van der Waals surface area contributed by atoms with Crippen molar-refractivity contribution in [2.45, 2.75) is 13.0 Å². The van der Waals surface area contributed by atoms with Crippen LogP contribution in [-0.2, 0) is 0 Å². The molecule has 0 N–H and O–H groups in total. The van der Waals surface area contributed by atoms with Gasteiger partial charge in [0.25, 0.3) is 11.6 Å². The quantitative estimate of drug-likeness (QED) is 0.421. The lowest BCUT2D eigenvalue weighted by Gasteiger charge is -2.40. The Morgan fingerprint density at radius 1 is 1.16 bits per heavy atom. The number of hydrogen-bond acceptors (Lipinski definition) is 7. The highest BCUT2D eigenvalue weighted by atomic mass is 35.5. The van der Waals surface area contributed by atoms with Gasteiger partial charge in [-0.3, -0.25) is 14.9 Å². The third-order valence-corrected chi connectivity index (χ3v) is 5.53. The minimum absolute atomic E-state index is 0.0435. The Morgan fingerprint density at radius 3 is 2.59 bits per heavy atom. The van der Waals surface area contributed by atoms with Crippen LogP contribution < -0.4 is 9.64 Å². The summed E-state index contributed by atoms with van der Waals surface area (Å²) in [6.45, 7) is 3.59. The van der Waals surface area contributed by atoms with Crippen molar-refractivity contribution >= 4 is 29.0 Å². The first-order valence-electron chi connectivity index (χ1n) is 9.97. The molecular formula is C22H20ClN5O4. The lowest BCUT2D eigenvalue weighted by molar-refractivity contribution is -0.384. The first-order valence-corrected chi connectivity index (χ1v) is 10.3. The van der Waals surface area contributed by atoms with E-state index in [9.17, 15) is 14.9 Å². The number of hydrogen-bond donors (Lipinski definition) is 0. The maximum atomic E-state index is 12.9. The van der Waals surface area contributed by atoms with Crippen molar-refractivity contribution in [3.63, 3.8) is 0 Å². The maximum absolute atomic E-state index is 12.9. The van der Waals surface area contributed by atoms with Gasteiger partial charge in [0.2, 0.25) is 5.88 Å². The number of amides is 1. The molecule has 2 aromatic carbocycles.